The topological polar surface area (TPSA) is 79.2 Å². The Morgan fingerprint density at radius 2 is 1.93 bits per heavy atom. The Bertz CT molecular complexity index is 825. The van der Waals surface area contributed by atoms with Gasteiger partial charge in [-0.05, 0) is 36.1 Å². The number of ether oxygens (including phenoxy) is 2. The molecule has 1 aliphatic heterocycles. The molecule has 0 unspecified atom stereocenters. The second kappa shape index (κ2) is 9.39. The lowest BCUT2D eigenvalue weighted by molar-refractivity contribution is -0.163. The van der Waals surface area contributed by atoms with E-state index in [-0.39, 0.29) is 0 Å². The van der Waals surface area contributed by atoms with Crippen molar-refractivity contribution in [3.8, 4) is 5.75 Å². The Morgan fingerprint density at radius 1 is 1.17 bits per heavy atom. The Morgan fingerprint density at radius 3 is 2.59 bits per heavy atom. The van der Waals surface area contributed by atoms with Crippen molar-refractivity contribution in [1.82, 2.24) is 4.90 Å². The highest BCUT2D eigenvalue weighted by Gasteiger charge is 2.49. The molecule has 3 rings (SSSR count). The molecule has 0 saturated carbocycles. The van der Waals surface area contributed by atoms with E-state index in [0.717, 1.165) is 22.4 Å². The number of carboxylic acids is 1. The van der Waals surface area contributed by atoms with Crippen molar-refractivity contribution in [3.05, 3.63) is 65.2 Å². The SMILES string of the molecule is COCc1cc(CN2CC[C@@H](O)[C@](Cc3ccccc3)(C(=O)O)C2)ccc1OC. The molecule has 2 atom stereocenters. The number of hydrogen-bond donors (Lipinski definition) is 2. The molecule has 1 aliphatic rings. The zero-order valence-electron chi connectivity index (χ0n) is 17.0. The summed E-state index contributed by atoms with van der Waals surface area (Å²) >= 11 is 0. The van der Waals surface area contributed by atoms with E-state index in [1.54, 1.807) is 14.2 Å². The molecule has 6 heteroatoms. The summed E-state index contributed by atoms with van der Waals surface area (Å²) in [5, 5.41) is 20.7. The molecule has 1 heterocycles. The number of likely N-dealkylation sites (tertiary alicyclic amines) is 1. The summed E-state index contributed by atoms with van der Waals surface area (Å²) in [5.41, 5.74) is 1.72. The van der Waals surface area contributed by atoms with Gasteiger partial charge in [-0.3, -0.25) is 9.69 Å². The van der Waals surface area contributed by atoms with E-state index >= 15 is 0 Å². The maximum atomic E-state index is 12.3. The van der Waals surface area contributed by atoms with E-state index in [1.807, 2.05) is 48.5 Å². The molecule has 156 valence electrons. The van der Waals surface area contributed by atoms with Gasteiger partial charge in [0.05, 0.1) is 19.8 Å². The molecule has 0 bridgehead atoms. The van der Waals surface area contributed by atoms with Gasteiger partial charge < -0.3 is 19.7 Å². The van der Waals surface area contributed by atoms with Gasteiger partial charge in [0.15, 0.2) is 0 Å². The third-order valence-electron chi connectivity index (χ3n) is 5.70. The summed E-state index contributed by atoms with van der Waals surface area (Å²) in [6.07, 6.45) is -0.144. The van der Waals surface area contributed by atoms with Gasteiger partial charge in [0.2, 0.25) is 0 Å². The number of piperidine rings is 1. The van der Waals surface area contributed by atoms with Gasteiger partial charge in [0, 0.05) is 32.3 Å². The largest absolute Gasteiger partial charge is 0.496 e. The molecule has 1 saturated heterocycles. The summed E-state index contributed by atoms with van der Waals surface area (Å²) in [7, 11) is 3.27. The maximum absolute atomic E-state index is 12.3. The Hall–Kier alpha value is -2.41. The predicted octanol–water partition coefficient (Wildman–Crippen LogP) is 2.72. The fraction of sp³-hybridized carbons (Fsp3) is 0.435. The molecule has 0 spiro atoms. The molecular formula is C23H29NO5. The molecule has 0 amide bonds. The van der Waals surface area contributed by atoms with E-state index in [2.05, 4.69) is 4.90 Å². The first kappa shape index (κ1) is 21.3. The molecule has 1 fully saturated rings. The van der Waals surface area contributed by atoms with Crippen LogP contribution < -0.4 is 4.74 Å². The molecule has 2 aromatic rings. The van der Waals surface area contributed by atoms with E-state index in [4.69, 9.17) is 9.47 Å². The zero-order valence-corrected chi connectivity index (χ0v) is 17.0. The fourth-order valence-electron chi connectivity index (χ4n) is 4.18. The first-order valence-corrected chi connectivity index (χ1v) is 9.81. The number of aliphatic hydroxyl groups excluding tert-OH is 1. The highest BCUT2D eigenvalue weighted by Crippen LogP contribution is 2.35. The lowest BCUT2D eigenvalue weighted by Crippen LogP contribution is -2.56. The maximum Gasteiger partial charge on any atom is 0.313 e. The van der Waals surface area contributed by atoms with Crippen molar-refractivity contribution in [3.63, 3.8) is 0 Å². The van der Waals surface area contributed by atoms with Crippen LogP contribution in [0.25, 0.3) is 0 Å². The molecule has 2 aromatic carbocycles. The number of aliphatic hydroxyl groups is 1. The summed E-state index contributed by atoms with van der Waals surface area (Å²) in [6.45, 7) is 2.00. The predicted molar refractivity (Wildman–Crippen MR) is 110 cm³/mol. The smallest absolute Gasteiger partial charge is 0.313 e. The lowest BCUT2D eigenvalue weighted by atomic mass is 9.72. The van der Waals surface area contributed by atoms with E-state index < -0.39 is 17.5 Å². The number of carbonyl (C=O) groups is 1. The quantitative estimate of drug-likeness (QED) is 0.711. The number of aliphatic carboxylic acids is 1. The van der Waals surface area contributed by atoms with Crippen LogP contribution in [0.1, 0.15) is 23.1 Å². The van der Waals surface area contributed by atoms with Crippen LogP contribution in [0.2, 0.25) is 0 Å². The standard InChI is InChI=1S/C23H29NO5/c1-28-15-19-12-18(8-9-20(19)29-2)14-24-11-10-21(25)23(16-24,22(26)27)13-17-6-4-3-5-7-17/h3-9,12,21,25H,10-11,13-16H2,1-2H3,(H,26,27)/t21-,23-/m1/s1. The minimum atomic E-state index is -1.22. The third kappa shape index (κ3) is 4.78. The fourth-order valence-corrected chi connectivity index (χ4v) is 4.18. The van der Waals surface area contributed by atoms with Crippen molar-refractivity contribution in [2.24, 2.45) is 5.41 Å². The molecule has 29 heavy (non-hydrogen) atoms. The van der Waals surface area contributed by atoms with Crippen LogP contribution >= 0.6 is 0 Å². The van der Waals surface area contributed by atoms with E-state index in [0.29, 0.717) is 39.1 Å². The van der Waals surface area contributed by atoms with Gasteiger partial charge in [0.1, 0.15) is 11.2 Å². The van der Waals surface area contributed by atoms with Crippen LogP contribution in [0.4, 0.5) is 0 Å². The Balaban J connectivity index is 1.81. The van der Waals surface area contributed by atoms with Crippen molar-refractivity contribution >= 4 is 5.97 Å². The average Bonchev–Trinajstić information content (AvgIpc) is 2.71. The Kier molecular flexibility index (Phi) is 6.90. The van der Waals surface area contributed by atoms with Gasteiger partial charge in [-0.25, -0.2) is 0 Å². The normalized spacial score (nSPS) is 22.4. The molecule has 2 N–H and O–H groups in total. The second-order valence-corrected chi connectivity index (χ2v) is 7.72. The number of hydrogen-bond acceptors (Lipinski definition) is 5. The number of benzene rings is 2. The van der Waals surface area contributed by atoms with Gasteiger partial charge in [-0.2, -0.15) is 0 Å². The second-order valence-electron chi connectivity index (χ2n) is 7.72. The van der Waals surface area contributed by atoms with E-state index in [1.165, 1.54) is 0 Å². The van der Waals surface area contributed by atoms with Crippen molar-refractivity contribution in [2.75, 3.05) is 27.3 Å². The molecular weight excluding hydrogens is 370 g/mol. The van der Waals surface area contributed by atoms with Crippen LogP contribution in [0.15, 0.2) is 48.5 Å². The number of nitrogens with zero attached hydrogens (tertiary/aromatic N) is 1. The molecule has 0 radical (unpaired) electrons. The average molecular weight is 399 g/mol. The molecule has 0 aliphatic carbocycles. The van der Waals surface area contributed by atoms with Crippen LogP contribution in [0, 0.1) is 5.41 Å². The van der Waals surface area contributed by atoms with Crippen molar-refractivity contribution in [1.29, 1.82) is 0 Å². The minimum Gasteiger partial charge on any atom is -0.496 e. The first-order chi connectivity index (χ1) is 14.0. The lowest BCUT2D eigenvalue weighted by Gasteiger charge is -2.43. The molecule has 0 aromatic heterocycles. The van der Waals surface area contributed by atoms with Gasteiger partial charge >= 0.3 is 5.97 Å². The third-order valence-corrected chi connectivity index (χ3v) is 5.70. The summed E-state index contributed by atoms with van der Waals surface area (Å²) < 4.78 is 10.6. The van der Waals surface area contributed by atoms with Crippen molar-refractivity contribution in [2.45, 2.75) is 32.1 Å². The summed E-state index contributed by atoms with van der Waals surface area (Å²) in [5.74, 6) is -0.179. The number of rotatable bonds is 8. The summed E-state index contributed by atoms with van der Waals surface area (Å²) in [4.78, 5) is 14.4. The van der Waals surface area contributed by atoms with Crippen LogP contribution in [0.3, 0.4) is 0 Å². The number of methoxy groups -OCH3 is 2. The highest BCUT2D eigenvalue weighted by molar-refractivity contribution is 5.76. The van der Waals surface area contributed by atoms with Gasteiger partial charge in [0.25, 0.3) is 0 Å². The van der Waals surface area contributed by atoms with Gasteiger partial charge in [-0.1, -0.05) is 36.4 Å². The first-order valence-electron chi connectivity index (χ1n) is 9.81. The van der Waals surface area contributed by atoms with Crippen LogP contribution in [-0.2, 0) is 29.1 Å². The highest BCUT2D eigenvalue weighted by atomic mass is 16.5. The van der Waals surface area contributed by atoms with Gasteiger partial charge in [-0.15, -0.1) is 0 Å². The molecule has 6 nitrogen and oxygen atoms in total. The van der Waals surface area contributed by atoms with Crippen molar-refractivity contribution < 1.29 is 24.5 Å². The van der Waals surface area contributed by atoms with E-state index in [9.17, 15) is 15.0 Å². The number of carboxylic acid groups (broad SMARTS) is 1. The Labute approximate surface area is 171 Å². The van der Waals surface area contributed by atoms with Crippen LogP contribution in [0.5, 0.6) is 5.75 Å². The monoisotopic (exact) mass is 399 g/mol. The minimum absolute atomic E-state index is 0.296. The zero-order chi connectivity index (χ0) is 20.9. The summed E-state index contributed by atoms with van der Waals surface area (Å²) in [6, 6.07) is 15.5. The van der Waals surface area contributed by atoms with Crippen LogP contribution in [-0.4, -0.2) is 54.5 Å².